The summed E-state index contributed by atoms with van der Waals surface area (Å²) in [5.74, 6) is 0. The van der Waals surface area contributed by atoms with E-state index in [-0.39, 0.29) is 0 Å². The van der Waals surface area contributed by atoms with Gasteiger partial charge in [-0.05, 0) is 54.7 Å². The van der Waals surface area contributed by atoms with E-state index in [1.54, 1.807) is 12.1 Å². The lowest BCUT2D eigenvalue weighted by Gasteiger charge is -2.07. The first-order valence-electron chi connectivity index (χ1n) is 8.02. The minimum Gasteiger partial charge on any atom is -0.423 e. The first kappa shape index (κ1) is 15.0. The van der Waals surface area contributed by atoms with E-state index < -0.39 is 7.12 Å². The lowest BCUT2D eigenvalue weighted by Crippen LogP contribution is -2.29. The van der Waals surface area contributed by atoms with Gasteiger partial charge in [-0.1, -0.05) is 35.9 Å². The highest BCUT2D eigenvalue weighted by Gasteiger charge is 2.13. The molecule has 4 heteroatoms. The molecule has 0 aliphatic heterocycles. The molecule has 0 spiro atoms. The van der Waals surface area contributed by atoms with Crippen LogP contribution in [0.25, 0.3) is 32.9 Å². The van der Waals surface area contributed by atoms with Gasteiger partial charge in [-0.25, -0.2) is 0 Å². The van der Waals surface area contributed by atoms with Gasteiger partial charge in [-0.3, -0.25) is 0 Å². The average Bonchev–Trinajstić information content (AvgIpc) is 2.92. The summed E-state index contributed by atoms with van der Waals surface area (Å²) in [6, 6.07) is 18.2. The maximum atomic E-state index is 9.27. The number of hydrogen-bond donors (Lipinski definition) is 3. The molecule has 4 rings (SSSR count). The molecule has 0 saturated heterocycles. The number of aryl methyl sites for hydroxylation is 2. The van der Waals surface area contributed by atoms with Crippen molar-refractivity contribution in [3.8, 4) is 11.1 Å². The van der Waals surface area contributed by atoms with Gasteiger partial charge >= 0.3 is 7.12 Å². The number of aromatic nitrogens is 1. The number of rotatable bonds is 2. The van der Waals surface area contributed by atoms with Crippen LogP contribution in [0.1, 0.15) is 11.1 Å². The summed E-state index contributed by atoms with van der Waals surface area (Å²) in [7, 11) is -1.44. The first-order chi connectivity index (χ1) is 11.5. The molecule has 0 saturated carbocycles. The number of H-pyrrole nitrogens is 1. The van der Waals surface area contributed by atoms with Crippen molar-refractivity contribution in [2.75, 3.05) is 0 Å². The molecule has 0 amide bonds. The van der Waals surface area contributed by atoms with Crippen LogP contribution in [-0.2, 0) is 0 Å². The molecule has 3 aromatic carbocycles. The molecule has 24 heavy (non-hydrogen) atoms. The molecule has 0 radical (unpaired) electrons. The van der Waals surface area contributed by atoms with Gasteiger partial charge in [0.25, 0.3) is 0 Å². The third-order valence-corrected chi connectivity index (χ3v) is 4.53. The summed E-state index contributed by atoms with van der Waals surface area (Å²) in [5.41, 5.74) is 7.35. The number of nitrogens with one attached hydrogen (secondary N) is 1. The Balaban J connectivity index is 1.99. The van der Waals surface area contributed by atoms with Crippen LogP contribution in [-0.4, -0.2) is 22.2 Å². The van der Waals surface area contributed by atoms with Crippen LogP contribution >= 0.6 is 0 Å². The lowest BCUT2D eigenvalue weighted by molar-refractivity contribution is 0.426. The summed E-state index contributed by atoms with van der Waals surface area (Å²) < 4.78 is 0. The minimum atomic E-state index is -1.44. The van der Waals surface area contributed by atoms with E-state index in [0.29, 0.717) is 5.46 Å². The van der Waals surface area contributed by atoms with E-state index in [4.69, 9.17) is 0 Å². The molecule has 0 aliphatic carbocycles. The van der Waals surface area contributed by atoms with Crippen molar-refractivity contribution < 1.29 is 10.0 Å². The van der Waals surface area contributed by atoms with Crippen LogP contribution in [0.3, 0.4) is 0 Å². The lowest BCUT2D eigenvalue weighted by atomic mass is 9.80. The third kappa shape index (κ3) is 2.41. The van der Waals surface area contributed by atoms with Crippen molar-refractivity contribution >= 4 is 34.4 Å². The Morgan fingerprint density at radius 2 is 1.50 bits per heavy atom. The molecule has 0 fully saturated rings. The Morgan fingerprint density at radius 1 is 0.792 bits per heavy atom. The Labute approximate surface area is 140 Å². The van der Waals surface area contributed by atoms with Gasteiger partial charge < -0.3 is 15.0 Å². The van der Waals surface area contributed by atoms with Crippen LogP contribution in [0.5, 0.6) is 0 Å². The molecule has 1 aromatic heterocycles. The molecule has 0 unspecified atom stereocenters. The first-order valence-corrected chi connectivity index (χ1v) is 8.02. The Hall–Kier alpha value is -2.56. The molecular weight excluding hydrogens is 297 g/mol. The number of fused-ring (bicyclic) bond motifs is 3. The van der Waals surface area contributed by atoms with Gasteiger partial charge in [-0.15, -0.1) is 0 Å². The second-order valence-electron chi connectivity index (χ2n) is 6.40. The Kier molecular flexibility index (Phi) is 3.45. The van der Waals surface area contributed by atoms with Crippen molar-refractivity contribution in [1.29, 1.82) is 0 Å². The SMILES string of the molecule is Cc1ccc2[nH]c3c(-c4ccc(B(O)O)cc4)cc(C)cc3c2c1. The molecule has 3 nitrogen and oxygen atoms in total. The van der Waals surface area contributed by atoms with E-state index in [9.17, 15) is 10.0 Å². The molecule has 118 valence electrons. The van der Waals surface area contributed by atoms with Gasteiger partial charge in [0.15, 0.2) is 0 Å². The summed E-state index contributed by atoms with van der Waals surface area (Å²) >= 11 is 0. The van der Waals surface area contributed by atoms with E-state index in [1.807, 2.05) is 12.1 Å². The Bertz CT molecular complexity index is 1050. The van der Waals surface area contributed by atoms with Gasteiger partial charge in [0.2, 0.25) is 0 Å². The zero-order valence-corrected chi connectivity index (χ0v) is 13.7. The molecule has 3 N–H and O–H groups in total. The summed E-state index contributed by atoms with van der Waals surface area (Å²) in [6.45, 7) is 4.21. The predicted octanol–water partition coefficient (Wildman–Crippen LogP) is 3.28. The average molecular weight is 315 g/mol. The van der Waals surface area contributed by atoms with E-state index >= 15 is 0 Å². The quantitative estimate of drug-likeness (QED) is 0.497. The van der Waals surface area contributed by atoms with Crippen molar-refractivity contribution in [2.45, 2.75) is 13.8 Å². The minimum absolute atomic E-state index is 0.495. The van der Waals surface area contributed by atoms with Crippen LogP contribution in [0.15, 0.2) is 54.6 Å². The number of aromatic amines is 1. The second-order valence-corrected chi connectivity index (χ2v) is 6.40. The highest BCUT2D eigenvalue weighted by Crippen LogP contribution is 2.34. The second kappa shape index (κ2) is 5.51. The van der Waals surface area contributed by atoms with Crippen LogP contribution in [0.4, 0.5) is 0 Å². The number of benzene rings is 3. The predicted molar refractivity (Wildman–Crippen MR) is 101 cm³/mol. The fraction of sp³-hybridized carbons (Fsp3) is 0.100. The summed E-state index contributed by atoms with van der Waals surface area (Å²) in [6.07, 6.45) is 0. The zero-order valence-electron chi connectivity index (χ0n) is 13.7. The number of hydrogen-bond acceptors (Lipinski definition) is 2. The van der Waals surface area contributed by atoms with Crippen molar-refractivity contribution in [3.63, 3.8) is 0 Å². The highest BCUT2D eigenvalue weighted by molar-refractivity contribution is 6.58. The van der Waals surface area contributed by atoms with E-state index in [1.165, 1.54) is 21.9 Å². The van der Waals surface area contributed by atoms with E-state index in [2.05, 4.69) is 49.2 Å². The summed E-state index contributed by atoms with van der Waals surface area (Å²) in [4.78, 5) is 3.54. The van der Waals surface area contributed by atoms with Gasteiger partial charge in [0.05, 0.1) is 5.52 Å². The van der Waals surface area contributed by atoms with Gasteiger partial charge in [0, 0.05) is 21.9 Å². The fourth-order valence-electron chi connectivity index (χ4n) is 3.32. The Morgan fingerprint density at radius 3 is 2.21 bits per heavy atom. The van der Waals surface area contributed by atoms with E-state index in [0.717, 1.165) is 22.2 Å². The van der Waals surface area contributed by atoms with Crippen molar-refractivity contribution in [2.24, 2.45) is 0 Å². The smallest absolute Gasteiger partial charge is 0.423 e. The molecule has 0 aliphatic rings. The standard InChI is InChI=1S/C20H18BNO2/c1-12-3-8-19-17(9-12)18-11-13(2)10-16(20(18)22-19)14-4-6-15(7-5-14)21(23)24/h3-11,22-24H,1-2H3. The molecular formula is C20H18BNO2. The topological polar surface area (TPSA) is 56.2 Å². The maximum absolute atomic E-state index is 9.27. The van der Waals surface area contributed by atoms with Gasteiger partial charge in [-0.2, -0.15) is 0 Å². The molecule has 1 heterocycles. The largest absolute Gasteiger partial charge is 0.488 e. The van der Waals surface area contributed by atoms with Crippen LogP contribution < -0.4 is 5.46 Å². The maximum Gasteiger partial charge on any atom is 0.488 e. The molecule has 4 aromatic rings. The normalized spacial score (nSPS) is 11.3. The van der Waals surface area contributed by atoms with Crippen LogP contribution in [0, 0.1) is 13.8 Å². The molecule has 0 bridgehead atoms. The zero-order chi connectivity index (χ0) is 16.8. The fourth-order valence-corrected chi connectivity index (χ4v) is 3.32. The summed E-state index contributed by atoms with van der Waals surface area (Å²) in [5, 5.41) is 21.0. The van der Waals surface area contributed by atoms with Gasteiger partial charge in [0.1, 0.15) is 0 Å². The monoisotopic (exact) mass is 315 g/mol. The highest BCUT2D eigenvalue weighted by atomic mass is 16.4. The molecule has 0 atom stereocenters. The van der Waals surface area contributed by atoms with Crippen molar-refractivity contribution in [1.82, 2.24) is 4.98 Å². The van der Waals surface area contributed by atoms with Crippen molar-refractivity contribution in [3.05, 3.63) is 65.7 Å². The van der Waals surface area contributed by atoms with Crippen LogP contribution in [0.2, 0.25) is 0 Å². The third-order valence-electron chi connectivity index (χ3n) is 4.53.